The number of carbonyl (C=O) groups excluding carboxylic acids is 1. The molecule has 3 aliphatic rings. The van der Waals surface area contributed by atoms with Gasteiger partial charge in [0.15, 0.2) is 0 Å². The van der Waals surface area contributed by atoms with E-state index in [1.54, 1.807) is 0 Å². The molecule has 22 heavy (non-hydrogen) atoms. The number of nitrogens with zero attached hydrogens (tertiary/aromatic N) is 2. The molecule has 4 unspecified atom stereocenters. The first-order valence-electron chi connectivity index (χ1n) is 8.69. The van der Waals surface area contributed by atoms with Crippen molar-refractivity contribution in [1.82, 2.24) is 15.1 Å². The molecule has 3 fully saturated rings. The second-order valence-corrected chi connectivity index (χ2v) is 8.46. The summed E-state index contributed by atoms with van der Waals surface area (Å²) >= 11 is 0. The minimum atomic E-state index is -0.397. The lowest BCUT2D eigenvalue weighted by atomic mass is 9.99. The predicted molar refractivity (Wildman–Crippen MR) is 86.8 cm³/mol. The Labute approximate surface area is 134 Å². The molecule has 2 heterocycles. The van der Waals surface area contributed by atoms with Crippen molar-refractivity contribution in [3.63, 3.8) is 0 Å². The SMILES string of the molecule is CC1CC(NC2C3CN(C(=O)OC(C)(C)C)CC32)CCN1C. The minimum Gasteiger partial charge on any atom is -0.444 e. The van der Waals surface area contributed by atoms with Gasteiger partial charge in [-0.15, -0.1) is 0 Å². The zero-order valence-corrected chi connectivity index (χ0v) is 14.6. The van der Waals surface area contributed by atoms with Crippen LogP contribution in [-0.2, 0) is 4.74 Å². The van der Waals surface area contributed by atoms with Gasteiger partial charge in [0.2, 0.25) is 0 Å². The molecule has 0 spiro atoms. The van der Waals surface area contributed by atoms with E-state index < -0.39 is 5.60 Å². The van der Waals surface area contributed by atoms with Gasteiger partial charge in [-0.25, -0.2) is 4.79 Å². The molecule has 5 nitrogen and oxygen atoms in total. The van der Waals surface area contributed by atoms with E-state index in [9.17, 15) is 4.79 Å². The van der Waals surface area contributed by atoms with Crippen molar-refractivity contribution in [3.05, 3.63) is 0 Å². The predicted octanol–water partition coefficient (Wildman–Crippen LogP) is 1.92. The van der Waals surface area contributed by atoms with Crippen LogP contribution in [0.25, 0.3) is 0 Å². The van der Waals surface area contributed by atoms with Crippen LogP contribution in [0.3, 0.4) is 0 Å². The largest absolute Gasteiger partial charge is 0.444 e. The molecule has 126 valence electrons. The normalized spacial score (nSPS) is 38.8. The van der Waals surface area contributed by atoms with Crippen molar-refractivity contribution in [2.24, 2.45) is 11.8 Å². The van der Waals surface area contributed by atoms with Crippen LogP contribution in [-0.4, -0.2) is 66.3 Å². The molecule has 1 amide bonds. The van der Waals surface area contributed by atoms with Crippen molar-refractivity contribution in [1.29, 1.82) is 0 Å². The number of fused-ring (bicyclic) bond motifs is 1. The quantitative estimate of drug-likeness (QED) is 0.846. The van der Waals surface area contributed by atoms with Crippen LogP contribution in [0.5, 0.6) is 0 Å². The number of amides is 1. The standard InChI is InChI=1S/C17H31N3O2/c1-11-8-12(6-7-19(11)5)18-15-13-9-20(10-14(13)15)16(21)22-17(2,3)4/h11-15,18H,6-10H2,1-5H3. The van der Waals surface area contributed by atoms with Gasteiger partial charge in [0.25, 0.3) is 0 Å². The number of nitrogens with one attached hydrogen (secondary N) is 1. The molecule has 4 atom stereocenters. The fraction of sp³-hybridized carbons (Fsp3) is 0.941. The number of hydrogen-bond donors (Lipinski definition) is 1. The average Bonchev–Trinajstić information content (AvgIpc) is 2.83. The zero-order chi connectivity index (χ0) is 16.1. The maximum absolute atomic E-state index is 12.1. The smallest absolute Gasteiger partial charge is 0.410 e. The third-order valence-corrected chi connectivity index (χ3v) is 5.48. The summed E-state index contributed by atoms with van der Waals surface area (Å²) < 4.78 is 5.46. The Morgan fingerprint density at radius 1 is 1.23 bits per heavy atom. The van der Waals surface area contributed by atoms with Crippen LogP contribution in [0.2, 0.25) is 0 Å². The Morgan fingerprint density at radius 2 is 1.86 bits per heavy atom. The first-order chi connectivity index (χ1) is 10.2. The van der Waals surface area contributed by atoms with Crippen LogP contribution in [0.15, 0.2) is 0 Å². The Hall–Kier alpha value is -0.810. The molecule has 0 bridgehead atoms. The van der Waals surface area contributed by atoms with E-state index >= 15 is 0 Å². The van der Waals surface area contributed by atoms with Gasteiger partial charge in [-0.2, -0.15) is 0 Å². The van der Waals surface area contributed by atoms with Gasteiger partial charge < -0.3 is 19.9 Å². The van der Waals surface area contributed by atoms with E-state index in [2.05, 4.69) is 24.2 Å². The number of carbonyl (C=O) groups is 1. The monoisotopic (exact) mass is 309 g/mol. The summed E-state index contributed by atoms with van der Waals surface area (Å²) in [5.41, 5.74) is -0.397. The van der Waals surface area contributed by atoms with Gasteiger partial charge in [0.1, 0.15) is 5.60 Å². The van der Waals surface area contributed by atoms with Crippen molar-refractivity contribution in [2.45, 2.75) is 64.3 Å². The molecule has 0 radical (unpaired) electrons. The summed E-state index contributed by atoms with van der Waals surface area (Å²) in [6.45, 7) is 11.0. The van der Waals surface area contributed by atoms with Gasteiger partial charge >= 0.3 is 6.09 Å². The lowest BCUT2D eigenvalue weighted by Gasteiger charge is -2.36. The van der Waals surface area contributed by atoms with Crippen LogP contribution in [0.4, 0.5) is 4.79 Å². The van der Waals surface area contributed by atoms with Crippen LogP contribution in [0, 0.1) is 11.8 Å². The fourth-order valence-electron chi connectivity index (χ4n) is 3.96. The van der Waals surface area contributed by atoms with Crippen LogP contribution >= 0.6 is 0 Å². The molecule has 5 heteroatoms. The molecular weight excluding hydrogens is 278 g/mol. The Kier molecular flexibility index (Phi) is 4.14. The molecule has 2 aliphatic heterocycles. The zero-order valence-electron chi connectivity index (χ0n) is 14.6. The van der Waals surface area contributed by atoms with Gasteiger partial charge in [-0.05, 0) is 66.0 Å². The summed E-state index contributed by atoms with van der Waals surface area (Å²) in [4.78, 5) is 16.4. The molecule has 0 aromatic rings. The van der Waals surface area contributed by atoms with E-state index in [0.717, 1.165) is 13.1 Å². The highest BCUT2D eigenvalue weighted by Crippen LogP contribution is 2.46. The number of ether oxygens (including phenoxy) is 1. The van der Waals surface area contributed by atoms with E-state index in [0.29, 0.717) is 30.0 Å². The first-order valence-corrected chi connectivity index (χ1v) is 8.69. The summed E-state index contributed by atoms with van der Waals surface area (Å²) in [6.07, 6.45) is 2.33. The number of piperidine rings is 2. The highest BCUT2D eigenvalue weighted by molar-refractivity contribution is 5.69. The average molecular weight is 309 g/mol. The Morgan fingerprint density at radius 3 is 2.41 bits per heavy atom. The highest BCUT2D eigenvalue weighted by atomic mass is 16.6. The summed E-state index contributed by atoms with van der Waals surface area (Å²) in [6, 6.07) is 1.94. The number of rotatable bonds is 2. The van der Waals surface area contributed by atoms with Crippen molar-refractivity contribution >= 4 is 6.09 Å². The van der Waals surface area contributed by atoms with Gasteiger partial charge in [0, 0.05) is 31.2 Å². The number of likely N-dealkylation sites (tertiary alicyclic amines) is 2. The first kappa shape index (κ1) is 16.1. The molecule has 0 aromatic carbocycles. The topological polar surface area (TPSA) is 44.8 Å². The van der Waals surface area contributed by atoms with E-state index in [1.807, 2.05) is 25.7 Å². The van der Waals surface area contributed by atoms with Crippen molar-refractivity contribution in [2.75, 3.05) is 26.7 Å². The fourth-order valence-corrected chi connectivity index (χ4v) is 3.96. The second kappa shape index (κ2) is 5.68. The summed E-state index contributed by atoms with van der Waals surface area (Å²) in [5.74, 6) is 1.28. The molecule has 0 aromatic heterocycles. The summed E-state index contributed by atoms with van der Waals surface area (Å²) in [7, 11) is 2.21. The van der Waals surface area contributed by atoms with E-state index in [-0.39, 0.29) is 6.09 Å². The maximum atomic E-state index is 12.1. The Balaban J connectivity index is 1.42. The molecular formula is C17H31N3O2. The van der Waals surface area contributed by atoms with E-state index in [1.165, 1.54) is 19.4 Å². The van der Waals surface area contributed by atoms with Crippen molar-refractivity contribution in [3.8, 4) is 0 Å². The highest BCUT2D eigenvalue weighted by Gasteiger charge is 2.57. The van der Waals surface area contributed by atoms with Crippen LogP contribution < -0.4 is 5.32 Å². The number of hydrogen-bond acceptors (Lipinski definition) is 4. The van der Waals surface area contributed by atoms with Gasteiger partial charge in [0.05, 0.1) is 0 Å². The molecule has 1 N–H and O–H groups in total. The third-order valence-electron chi connectivity index (χ3n) is 5.48. The van der Waals surface area contributed by atoms with E-state index in [4.69, 9.17) is 4.74 Å². The van der Waals surface area contributed by atoms with Gasteiger partial charge in [-0.1, -0.05) is 0 Å². The lowest BCUT2D eigenvalue weighted by molar-refractivity contribution is 0.0267. The molecule has 3 rings (SSSR count). The van der Waals surface area contributed by atoms with Crippen LogP contribution in [0.1, 0.15) is 40.5 Å². The van der Waals surface area contributed by atoms with Crippen molar-refractivity contribution < 1.29 is 9.53 Å². The minimum absolute atomic E-state index is 0.147. The third kappa shape index (κ3) is 3.40. The Bertz CT molecular complexity index is 422. The van der Waals surface area contributed by atoms with Gasteiger partial charge in [-0.3, -0.25) is 0 Å². The second-order valence-electron chi connectivity index (χ2n) is 8.46. The maximum Gasteiger partial charge on any atom is 0.410 e. The molecule has 1 saturated carbocycles. The molecule has 2 saturated heterocycles. The molecule has 1 aliphatic carbocycles. The summed E-state index contributed by atoms with van der Waals surface area (Å²) in [5, 5.41) is 3.85. The lowest BCUT2D eigenvalue weighted by Crippen LogP contribution is -2.48.